The van der Waals surface area contributed by atoms with Crippen LogP contribution in [0.2, 0.25) is 0 Å². The van der Waals surface area contributed by atoms with Crippen LogP contribution in [0.5, 0.6) is 0 Å². The molecule has 0 radical (unpaired) electrons. The van der Waals surface area contributed by atoms with Crippen LogP contribution in [0.3, 0.4) is 0 Å². The van der Waals surface area contributed by atoms with Gasteiger partial charge in [-0.1, -0.05) is 269 Å². The van der Waals surface area contributed by atoms with Gasteiger partial charge in [0, 0.05) is 6.42 Å². The molecule has 58 heavy (non-hydrogen) atoms. The summed E-state index contributed by atoms with van der Waals surface area (Å²) in [6.45, 7) is 4.34. The molecule has 4 heteroatoms. The molecule has 0 saturated carbocycles. The normalized spacial score (nSPS) is 13.0. The fourth-order valence-corrected chi connectivity index (χ4v) is 8.35. The molecule has 2 atom stereocenters. The molecule has 0 aliphatic rings. The van der Waals surface area contributed by atoms with Crippen LogP contribution in [0.1, 0.15) is 296 Å². The zero-order chi connectivity index (χ0) is 42.1. The van der Waals surface area contributed by atoms with Crippen molar-refractivity contribution in [1.82, 2.24) is 5.32 Å². The second-order valence-corrected chi connectivity index (χ2v) is 18.3. The number of hydrogen-bond donors (Lipinski definition) is 3. The Labute approximate surface area is 364 Å². The van der Waals surface area contributed by atoms with Crippen LogP contribution in [-0.4, -0.2) is 34.9 Å². The second-order valence-electron chi connectivity index (χ2n) is 18.3. The first-order valence-corrected chi connectivity index (χ1v) is 26.6. The van der Waals surface area contributed by atoms with Crippen molar-refractivity contribution in [3.05, 3.63) is 24.3 Å². The van der Waals surface area contributed by atoms with Crippen LogP contribution >= 0.6 is 0 Å². The number of hydrogen-bond acceptors (Lipinski definition) is 3. The van der Waals surface area contributed by atoms with Gasteiger partial charge in [-0.05, 0) is 44.9 Å². The molecule has 1 amide bonds. The number of unbranched alkanes of at least 4 members (excludes halogenated alkanes) is 40. The van der Waals surface area contributed by atoms with Crippen LogP contribution in [0.15, 0.2) is 24.3 Å². The highest BCUT2D eigenvalue weighted by atomic mass is 16.3. The summed E-state index contributed by atoms with van der Waals surface area (Å²) in [4.78, 5) is 12.4. The largest absolute Gasteiger partial charge is 0.394 e. The van der Waals surface area contributed by atoms with Crippen LogP contribution < -0.4 is 5.32 Å². The van der Waals surface area contributed by atoms with Crippen molar-refractivity contribution in [2.45, 2.75) is 309 Å². The Morgan fingerprint density at radius 2 is 0.655 bits per heavy atom. The first kappa shape index (κ1) is 56.9. The van der Waals surface area contributed by atoms with E-state index in [0.717, 1.165) is 25.7 Å². The van der Waals surface area contributed by atoms with Gasteiger partial charge in [0.1, 0.15) is 0 Å². The lowest BCUT2D eigenvalue weighted by Gasteiger charge is -2.20. The zero-order valence-electron chi connectivity index (χ0n) is 39.6. The second kappa shape index (κ2) is 50.2. The van der Waals surface area contributed by atoms with Crippen molar-refractivity contribution in [2.75, 3.05) is 6.61 Å². The molecule has 0 aromatic carbocycles. The molecule has 0 rings (SSSR count). The average Bonchev–Trinajstić information content (AvgIpc) is 3.23. The highest BCUT2D eigenvalue weighted by Gasteiger charge is 2.18. The summed E-state index contributed by atoms with van der Waals surface area (Å²) in [6.07, 6.45) is 66.1. The molecular formula is C54H105NO3. The predicted octanol–water partition coefficient (Wildman–Crippen LogP) is 17.1. The minimum atomic E-state index is -0.840. The minimum Gasteiger partial charge on any atom is -0.394 e. The standard InChI is InChI=1S/C54H105NO3/c1-3-5-7-9-11-13-15-17-19-21-23-25-27-28-29-31-33-35-37-39-41-43-45-47-49-53(57)52(51-56)55-54(58)50-48-46-44-42-40-38-36-34-32-30-26-24-22-20-18-16-14-12-10-8-6-4-2/h30,32,47,49,52-53,56-57H,3-29,31,33-46,48,50-51H2,1-2H3,(H,55,58)/b32-30-,49-47+. The molecule has 0 bridgehead atoms. The first-order chi connectivity index (χ1) is 28.7. The Bertz CT molecular complexity index is 840. The third-order valence-electron chi connectivity index (χ3n) is 12.4. The molecule has 0 aliphatic carbocycles. The highest BCUT2D eigenvalue weighted by molar-refractivity contribution is 5.76. The lowest BCUT2D eigenvalue weighted by molar-refractivity contribution is -0.123. The SMILES string of the molecule is CCCCCCCCCCCCC/C=C\CCCCCCCCCC(=O)NC(CO)C(O)/C=C/CCCCCCCCCCCCCCCCCCCCCCCC. The summed E-state index contributed by atoms with van der Waals surface area (Å²) >= 11 is 0. The van der Waals surface area contributed by atoms with Gasteiger partial charge in [0.25, 0.3) is 0 Å². The summed E-state index contributed by atoms with van der Waals surface area (Å²) in [5.74, 6) is -0.0639. The maximum absolute atomic E-state index is 12.4. The van der Waals surface area contributed by atoms with Gasteiger partial charge in [0.15, 0.2) is 0 Å². The van der Waals surface area contributed by atoms with Gasteiger partial charge >= 0.3 is 0 Å². The van der Waals surface area contributed by atoms with Gasteiger partial charge in [0.2, 0.25) is 5.91 Å². The highest BCUT2D eigenvalue weighted by Crippen LogP contribution is 2.17. The van der Waals surface area contributed by atoms with Crippen LogP contribution in [0.4, 0.5) is 0 Å². The Morgan fingerprint density at radius 3 is 0.948 bits per heavy atom. The number of amides is 1. The molecule has 0 saturated heterocycles. The lowest BCUT2D eigenvalue weighted by Crippen LogP contribution is -2.45. The Kier molecular flexibility index (Phi) is 49.2. The Hall–Kier alpha value is -1.13. The lowest BCUT2D eigenvalue weighted by atomic mass is 10.0. The number of aliphatic hydroxyl groups excluding tert-OH is 2. The van der Waals surface area contributed by atoms with E-state index in [1.807, 2.05) is 6.08 Å². The quantitative estimate of drug-likeness (QED) is 0.0423. The predicted molar refractivity (Wildman–Crippen MR) is 258 cm³/mol. The van der Waals surface area contributed by atoms with Gasteiger partial charge in [-0.2, -0.15) is 0 Å². The van der Waals surface area contributed by atoms with Crippen molar-refractivity contribution < 1.29 is 15.0 Å². The van der Waals surface area contributed by atoms with Gasteiger partial charge < -0.3 is 15.5 Å². The molecule has 344 valence electrons. The van der Waals surface area contributed by atoms with Crippen LogP contribution in [0.25, 0.3) is 0 Å². The Balaban J connectivity index is 3.50. The van der Waals surface area contributed by atoms with E-state index >= 15 is 0 Å². The van der Waals surface area contributed by atoms with E-state index in [4.69, 9.17) is 0 Å². The maximum atomic E-state index is 12.4. The molecule has 0 spiro atoms. The molecule has 0 aromatic rings. The third kappa shape index (κ3) is 45.9. The number of rotatable bonds is 49. The van der Waals surface area contributed by atoms with Crippen LogP contribution in [-0.2, 0) is 4.79 Å². The molecule has 2 unspecified atom stereocenters. The molecule has 0 heterocycles. The average molecular weight is 816 g/mol. The van der Waals surface area contributed by atoms with E-state index in [-0.39, 0.29) is 12.5 Å². The number of carbonyl (C=O) groups is 1. The third-order valence-corrected chi connectivity index (χ3v) is 12.4. The molecule has 0 fully saturated rings. The monoisotopic (exact) mass is 816 g/mol. The number of allylic oxidation sites excluding steroid dienone is 3. The number of carbonyl (C=O) groups excluding carboxylic acids is 1. The Morgan fingerprint density at radius 1 is 0.397 bits per heavy atom. The summed E-state index contributed by atoms with van der Waals surface area (Å²) < 4.78 is 0. The van der Waals surface area contributed by atoms with E-state index < -0.39 is 12.1 Å². The van der Waals surface area contributed by atoms with E-state index in [2.05, 4.69) is 31.3 Å². The van der Waals surface area contributed by atoms with Crippen LogP contribution in [0, 0.1) is 0 Å². The minimum absolute atomic E-state index is 0.0639. The van der Waals surface area contributed by atoms with Crippen molar-refractivity contribution in [3.8, 4) is 0 Å². The summed E-state index contributed by atoms with van der Waals surface area (Å²) in [6, 6.07) is -0.623. The van der Waals surface area contributed by atoms with Crippen molar-refractivity contribution in [2.24, 2.45) is 0 Å². The zero-order valence-corrected chi connectivity index (χ0v) is 39.6. The van der Waals surface area contributed by atoms with E-state index in [0.29, 0.717) is 6.42 Å². The summed E-state index contributed by atoms with van der Waals surface area (Å²) in [7, 11) is 0. The summed E-state index contributed by atoms with van der Waals surface area (Å²) in [5, 5.41) is 23.1. The smallest absolute Gasteiger partial charge is 0.220 e. The van der Waals surface area contributed by atoms with Crippen molar-refractivity contribution in [3.63, 3.8) is 0 Å². The molecular weight excluding hydrogens is 711 g/mol. The van der Waals surface area contributed by atoms with E-state index in [1.165, 1.54) is 250 Å². The van der Waals surface area contributed by atoms with Gasteiger partial charge in [-0.3, -0.25) is 4.79 Å². The van der Waals surface area contributed by atoms with Gasteiger partial charge in [0.05, 0.1) is 18.8 Å². The van der Waals surface area contributed by atoms with Crippen molar-refractivity contribution in [1.29, 1.82) is 0 Å². The number of nitrogens with one attached hydrogen (secondary N) is 1. The molecule has 0 aliphatic heterocycles. The van der Waals surface area contributed by atoms with E-state index in [1.54, 1.807) is 6.08 Å². The van der Waals surface area contributed by atoms with Crippen molar-refractivity contribution >= 4 is 5.91 Å². The van der Waals surface area contributed by atoms with E-state index in [9.17, 15) is 15.0 Å². The van der Waals surface area contributed by atoms with Gasteiger partial charge in [-0.15, -0.1) is 0 Å². The topological polar surface area (TPSA) is 69.6 Å². The summed E-state index contributed by atoms with van der Waals surface area (Å²) in [5.41, 5.74) is 0. The fourth-order valence-electron chi connectivity index (χ4n) is 8.35. The number of aliphatic hydroxyl groups is 2. The maximum Gasteiger partial charge on any atom is 0.220 e. The molecule has 3 N–H and O–H groups in total. The van der Waals surface area contributed by atoms with Gasteiger partial charge in [-0.25, -0.2) is 0 Å². The molecule has 0 aromatic heterocycles. The fraction of sp³-hybridized carbons (Fsp3) is 0.907. The first-order valence-electron chi connectivity index (χ1n) is 26.6. The molecule has 4 nitrogen and oxygen atoms in total.